The van der Waals surface area contributed by atoms with Gasteiger partial charge in [0, 0.05) is 17.7 Å². The first-order valence-electron chi connectivity index (χ1n) is 4.78. The molecule has 0 saturated carbocycles. The number of carbonyl (C=O) groups is 1. The van der Waals surface area contributed by atoms with Gasteiger partial charge in [-0.2, -0.15) is 0 Å². The zero-order chi connectivity index (χ0) is 10.4. The molecule has 1 heterocycles. The lowest BCUT2D eigenvalue weighted by molar-refractivity contribution is -0.119. The third-order valence-corrected chi connectivity index (χ3v) is 2.77. The number of hydrogen-bond acceptors (Lipinski definition) is 4. The molecule has 1 amide bonds. The average Bonchev–Trinajstić information content (AvgIpc) is 2.15. The van der Waals surface area contributed by atoms with Crippen molar-refractivity contribution in [3.63, 3.8) is 0 Å². The molecule has 0 aromatic carbocycles. The van der Waals surface area contributed by atoms with Crippen molar-refractivity contribution < 1.29 is 13.6 Å². The molecular weight excluding hydrogens is 204 g/mol. The molecule has 2 N–H and O–H groups in total. The standard InChI is InChI=1S/C8H16N2O3S/c11-8(10-14(12)13)4-3-7-2-1-5-9-6-7/h7,9H,1-6H2,(H,10,11)(H,12,13)/p-1. The second-order valence-electron chi connectivity index (χ2n) is 3.51. The van der Waals surface area contributed by atoms with E-state index in [0.717, 1.165) is 32.4 Å². The van der Waals surface area contributed by atoms with E-state index in [2.05, 4.69) is 5.32 Å². The molecule has 5 nitrogen and oxygen atoms in total. The lowest BCUT2D eigenvalue weighted by Gasteiger charge is -2.22. The van der Waals surface area contributed by atoms with Gasteiger partial charge in [0.25, 0.3) is 0 Å². The Bertz CT molecular complexity index is 217. The normalized spacial score (nSPS) is 24.2. The fraction of sp³-hybridized carbons (Fsp3) is 0.875. The lowest BCUT2D eigenvalue weighted by Crippen LogP contribution is -2.31. The highest BCUT2D eigenvalue weighted by atomic mass is 32.2. The average molecular weight is 219 g/mol. The molecule has 0 aromatic heterocycles. The monoisotopic (exact) mass is 219 g/mol. The minimum Gasteiger partial charge on any atom is -0.755 e. The minimum absolute atomic E-state index is 0.292. The van der Waals surface area contributed by atoms with Gasteiger partial charge in [0.05, 0.1) is 0 Å². The fourth-order valence-corrected chi connectivity index (χ4v) is 1.94. The zero-order valence-electron chi connectivity index (χ0n) is 7.95. The van der Waals surface area contributed by atoms with Crippen molar-refractivity contribution in [3.8, 4) is 0 Å². The molecule has 1 aliphatic rings. The summed E-state index contributed by atoms with van der Waals surface area (Å²) >= 11 is -2.47. The summed E-state index contributed by atoms with van der Waals surface area (Å²) in [5.41, 5.74) is 0. The van der Waals surface area contributed by atoms with Crippen LogP contribution in [0, 0.1) is 5.92 Å². The molecule has 0 bridgehead atoms. The molecule has 1 rings (SSSR count). The van der Waals surface area contributed by atoms with Crippen molar-refractivity contribution in [1.29, 1.82) is 0 Å². The van der Waals surface area contributed by atoms with E-state index in [9.17, 15) is 13.6 Å². The van der Waals surface area contributed by atoms with Crippen molar-refractivity contribution in [2.75, 3.05) is 13.1 Å². The maximum absolute atomic E-state index is 11.0. The number of amides is 1. The first kappa shape index (κ1) is 11.6. The van der Waals surface area contributed by atoms with Crippen LogP contribution in [0.5, 0.6) is 0 Å². The summed E-state index contributed by atoms with van der Waals surface area (Å²) < 4.78 is 22.1. The van der Waals surface area contributed by atoms with Gasteiger partial charge in [-0.3, -0.25) is 13.7 Å². The van der Waals surface area contributed by atoms with E-state index in [4.69, 9.17) is 0 Å². The molecule has 1 fully saturated rings. The van der Waals surface area contributed by atoms with Crippen LogP contribution in [0.3, 0.4) is 0 Å². The summed E-state index contributed by atoms with van der Waals surface area (Å²) in [6.45, 7) is 1.99. The van der Waals surface area contributed by atoms with E-state index >= 15 is 0 Å². The van der Waals surface area contributed by atoms with Crippen molar-refractivity contribution in [1.82, 2.24) is 10.0 Å². The van der Waals surface area contributed by atoms with E-state index in [0.29, 0.717) is 12.3 Å². The van der Waals surface area contributed by atoms with E-state index in [1.54, 1.807) is 0 Å². The van der Waals surface area contributed by atoms with Crippen LogP contribution in [0.1, 0.15) is 25.7 Å². The number of piperidine rings is 1. The molecule has 0 aromatic rings. The highest BCUT2D eigenvalue weighted by Crippen LogP contribution is 2.15. The summed E-state index contributed by atoms with van der Waals surface area (Å²) in [5.74, 6) is 0.0958. The van der Waals surface area contributed by atoms with Crippen LogP contribution in [0.2, 0.25) is 0 Å². The van der Waals surface area contributed by atoms with E-state index < -0.39 is 17.2 Å². The summed E-state index contributed by atoms with van der Waals surface area (Å²) in [5, 5.41) is 3.25. The molecule has 1 saturated heterocycles. The molecule has 0 aliphatic carbocycles. The summed E-state index contributed by atoms with van der Waals surface area (Å²) in [6.07, 6.45) is 3.32. The minimum atomic E-state index is -2.47. The van der Waals surface area contributed by atoms with Crippen molar-refractivity contribution in [2.24, 2.45) is 5.92 Å². The van der Waals surface area contributed by atoms with Crippen LogP contribution in [0.4, 0.5) is 0 Å². The Morgan fingerprint density at radius 3 is 3.00 bits per heavy atom. The van der Waals surface area contributed by atoms with Crippen LogP contribution in [0.25, 0.3) is 0 Å². The van der Waals surface area contributed by atoms with Crippen LogP contribution in [0.15, 0.2) is 0 Å². The summed E-state index contributed by atoms with van der Waals surface area (Å²) in [7, 11) is 0. The van der Waals surface area contributed by atoms with Gasteiger partial charge < -0.3 is 9.87 Å². The second-order valence-corrected chi connectivity index (χ2v) is 4.18. The van der Waals surface area contributed by atoms with Crippen LogP contribution in [-0.4, -0.2) is 27.8 Å². The molecule has 2 unspecified atom stereocenters. The van der Waals surface area contributed by atoms with Crippen LogP contribution >= 0.6 is 0 Å². The Balaban J connectivity index is 2.12. The molecule has 0 radical (unpaired) electrons. The Kier molecular flexibility index (Phi) is 5.06. The number of carbonyl (C=O) groups excluding carboxylic acids is 1. The predicted octanol–water partition coefficient (Wildman–Crippen LogP) is -0.323. The molecule has 1 aliphatic heterocycles. The molecular formula is C8H15N2O3S-. The molecule has 2 atom stereocenters. The maximum Gasteiger partial charge on any atom is 0.230 e. The topological polar surface area (TPSA) is 81.3 Å². The SMILES string of the molecule is O=C(CCC1CCCNC1)NS(=O)[O-]. The van der Waals surface area contributed by atoms with E-state index in [1.165, 1.54) is 0 Å². The molecule has 82 valence electrons. The molecule has 6 heteroatoms. The van der Waals surface area contributed by atoms with E-state index in [-0.39, 0.29) is 0 Å². The highest BCUT2D eigenvalue weighted by molar-refractivity contribution is 7.77. The van der Waals surface area contributed by atoms with Gasteiger partial charge in [-0.25, -0.2) is 0 Å². The van der Waals surface area contributed by atoms with Gasteiger partial charge in [-0.05, 0) is 38.3 Å². The van der Waals surface area contributed by atoms with Gasteiger partial charge in [0.2, 0.25) is 5.91 Å². The third-order valence-electron chi connectivity index (χ3n) is 2.38. The van der Waals surface area contributed by atoms with Crippen LogP contribution < -0.4 is 10.0 Å². The zero-order valence-corrected chi connectivity index (χ0v) is 8.77. The van der Waals surface area contributed by atoms with Gasteiger partial charge in [-0.1, -0.05) is 0 Å². The Labute approximate surface area is 86.1 Å². The second kappa shape index (κ2) is 6.10. The lowest BCUT2D eigenvalue weighted by atomic mass is 9.95. The largest absolute Gasteiger partial charge is 0.755 e. The quantitative estimate of drug-likeness (QED) is 0.635. The van der Waals surface area contributed by atoms with Crippen molar-refractivity contribution in [3.05, 3.63) is 0 Å². The summed E-state index contributed by atoms with van der Waals surface area (Å²) in [4.78, 5) is 11.0. The fourth-order valence-electron chi connectivity index (χ4n) is 1.65. The van der Waals surface area contributed by atoms with Gasteiger partial charge in [0.15, 0.2) is 0 Å². The summed E-state index contributed by atoms with van der Waals surface area (Å²) in [6, 6.07) is 0. The number of hydrogen-bond donors (Lipinski definition) is 2. The number of nitrogens with one attached hydrogen (secondary N) is 2. The van der Waals surface area contributed by atoms with Gasteiger partial charge in [0.1, 0.15) is 0 Å². The van der Waals surface area contributed by atoms with Gasteiger partial charge in [-0.15, -0.1) is 0 Å². The maximum atomic E-state index is 11.0. The third kappa shape index (κ3) is 4.69. The van der Waals surface area contributed by atoms with Crippen molar-refractivity contribution >= 4 is 17.2 Å². The molecule has 14 heavy (non-hydrogen) atoms. The van der Waals surface area contributed by atoms with Gasteiger partial charge >= 0.3 is 0 Å². The Morgan fingerprint density at radius 1 is 1.64 bits per heavy atom. The highest BCUT2D eigenvalue weighted by Gasteiger charge is 2.14. The Hall–Kier alpha value is -0.460. The smallest absolute Gasteiger partial charge is 0.230 e. The first-order valence-corrected chi connectivity index (χ1v) is 5.85. The van der Waals surface area contributed by atoms with Crippen molar-refractivity contribution in [2.45, 2.75) is 25.7 Å². The predicted molar refractivity (Wildman–Crippen MR) is 51.9 cm³/mol. The van der Waals surface area contributed by atoms with Crippen LogP contribution in [-0.2, 0) is 16.1 Å². The molecule has 0 spiro atoms. The number of rotatable bonds is 4. The first-order chi connectivity index (χ1) is 6.68. The van der Waals surface area contributed by atoms with E-state index in [1.807, 2.05) is 4.72 Å². The Morgan fingerprint density at radius 2 is 2.43 bits per heavy atom.